The predicted octanol–water partition coefficient (Wildman–Crippen LogP) is 4.73. The smallest absolute Gasteiger partial charge is 0.346 e. The van der Waals surface area contributed by atoms with Crippen LogP contribution >= 0.6 is 11.6 Å². The number of aryl methyl sites for hydroxylation is 1. The summed E-state index contributed by atoms with van der Waals surface area (Å²) in [6.07, 6.45) is 0. The summed E-state index contributed by atoms with van der Waals surface area (Å²) in [5.41, 5.74) is 2.31. The molecule has 1 N–H and O–H groups in total. The molecule has 3 aromatic rings. The van der Waals surface area contributed by atoms with Gasteiger partial charge in [-0.2, -0.15) is 0 Å². The van der Waals surface area contributed by atoms with Crippen molar-refractivity contribution in [2.45, 2.75) is 13.8 Å². The summed E-state index contributed by atoms with van der Waals surface area (Å²) >= 11 is 5.91. The van der Waals surface area contributed by atoms with Crippen molar-refractivity contribution >= 4 is 29.4 Å². The van der Waals surface area contributed by atoms with Gasteiger partial charge in [-0.25, -0.2) is 4.79 Å². The summed E-state index contributed by atoms with van der Waals surface area (Å²) in [7, 11) is 0. The number of ether oxygens (including phenoxy) is 1. The Kier molecular flexibility index (Phi) is 5.57. The molecule has 2 aromatic carbocycles. The predicted molar refractivity (Wildman–Crippen MR) is 102 cm³/mol. The van der Waals surface area contributed by atoms with Crippen LogP contribution in [0.25, 0.3) is 11.3 Å². The number of esters is 1. The first-order chi connectivity index (χ1) is 13.0. The molecule has 0 aliphatic carbocycles. The number of benzene rings is 2. The molecule has 0 spiro atoms. The SMILES string of the molecule is CCOC(=O)c1c(-c2ccc(Cl)cc2)noc1NC(=O)c1cccc(C)c1. The van der Waals surface area contributed by atoms with Crippen molar-refractivity contribution in [2.75, 3.05) is 11.9 Å². The Bertz CT molecular complexity index is 980. The molecule has 0 aliphatic heterocycles. The van der Waals surface area contributed by atoms with Gasteiger partial charge in [-0.3, -0.25) is 10.1 Å². The third-order valence-electron chi connectivity index (χ3n) is 3.80. The van der Waals surface area contributed by atoms with E-state index in [0.717, 1.165) is 5.56 Å². The van der Waals surface area contributed by atoms with Gasteiger partial charge in [0.15, 0.2) is 5.56 Å². The Morgan fingerprint density at radius 2 is 1.93 bits per heavy atom. The zero-order chi connectivity index (χ0) is 19.4. The lowest BCUT2D eigenvalue weighted by Gasteiger charge is -2.06. The number of anilines is 1. The topological polar surface area (TPSA) is 81.4 Å². The molecule has 138 valence electrons. The Balaban J connectivity index is 1.98. The van der Waals surface area contributed by atoms with Gasteiger partial charge in [-0.15, -0.1) is 0 Å². The van der Waals surface area contributed by atoms with Gasteiger partial charge in [0.2, 0.25) is 5.88 Å². The molecule has 1 heterocycles. The number of nitrogens with one attached hydrogen (secondary N) is 1. The van der Waals surface area contributed by atoms with Crippen LogP contribution in [0.4, 0.5) is 5.88 Å². The van der Waals surface area contributed by atoms with Crippen molar-refractivity contribution in [1.29, 1.82) is 0 Å². The molecular weight excluding hydrogens is 368 g/mol. The van der Waals surface area contributed by atoms with Crippen LogP contribution in [0.3, 0.4) is 0 Å². The minimum Gasteiger partial charge on any atom is -0.462 e. The van der Waals surface area contributed by atoms with Gasteiger partial charge < -0.3 is 9.26 Å². The van der Waals surface area contributed by atoms with E-state index in [2.05, 4.69) is 10.5 Å². The number of carbonyl (C=O) groups is 2. The number of nitrogens with zero attached hydrogens (tertiary/aromatic N) is 1. The van der Waals surface area contributed by atoms with Crippen LogP contribution < -0.4 is 5.32 Å². The number of amides is 1. The largest absolute Gasteiger partial charge is 0.462 e. The molecule has 0 fully saturated rings. The maximum Gasteiger partial charge on any atom is 0.346 e. The van der Waals surface area contributed by atoms with Gasteiger partial charge in [0.05, 0.1) is 6.61 Å². The highest BCUT2D eigenvalue weighted by molar-refractivity contribution is 6.30. The van der Waals surface area contributed by atoms with Crippen LogP contribution in [-0.4, -0.2) is 23.6 Å². The molecular formula is C20H17ClN2O4. The minimum absolute atomic E-state index is 0.0557. The Hall–Kier alpha value is -3.12. The number of hydrogen-bond acceptors (Lipinski definition) is 5. The summed E-state index contributed by atoms with van der Waals surface area (Å²) in [5, 5.41) is 7.10. The van der Waals surface area contributed by atoms with Gasteiger partial charge in [0, 0.05) is 16.1 Å². The molecule has 0 atom stereocenters. The van der Waals surface area contributed by atoms with Crippen molar-refractivity contribution in [2.24, 2.45) is 0 Å². The zero-order valence-electron chi connectivity index (χ0n) is 14.8. The van der Waals surface area contributed by atoms with Crippen LogP contribution in [0, 0.1) is 6.92 Å². The van der Waals surface area contributed by atoms with E-state index in [1.165, 1.54) is 0 Å². The number of aromatic nitrogens is 1. The minimum atomic E-state index is -0.636. The van der Waals surface area contributed by atoms with Crippen molar-refractivity contribution in [1.82, 2.24) is 5.16 Å². The third kappa shape index (κ3) is 4.17. The van der Waals surface area contributed by atoms with Gasteiger partial charge in [0.25, 0.3) is 5.91 Å². The van der Waals surface area contributed by atoms with E-state index in [0.29, 0.717) is 16.1 Å². The molecule has 27 heavy (non-hydrogen) atoms. The molecule has 0 saturated heterocycles. The van der Waals surface area contributed by atoms with Gasteiger partial charge in [-0.1, -0.05) is 46.6 Å². The van der Waals surface area contributed by atoms with Crippen molar-refractivity contribution in [3.05, 3.63) is 70.2 Å². The fourth-order valence-corrected chi connectivity index (χ4v) is 2.66. The highest BCUT2D eigenvalue weighted by atomic mass is 35.5. The number of halogens is 1. The molecule has 0 aliphatic rings. The number of rotatable bonds is 5. The molecule has 7 heteroatoms. The number of hydrogen-bond donors (Lipinski definition) is 1. The van der Waals surface area contributed by atoms with Gasteiger partial charge >= 0.3 is 5.97 Å². The van der Waals surface area contributed by atoms with E-state index in [1.54, 1.807) is 49.4 Å². The summed E-state index contributed by atoms with van der Waals surface area (Å²) in [6.45, 7) is 3.75. The molecule has 0 radical (unpaired) electrons. The fraction of sp³-hybridized carbons (Fsp3) is 0.150. The van der Waals surface area contributed by atoms with Crippen molar-refractivity contribution < 1.29 is 18.8 Å². The molecule has 1 aromatic heterocycles. The quantitative estimate of drug-likeness (QED) is 0.643. The van der Waals surface area contributed by atoms with Crippen LogP contribution in [0.5, 0.6) is 0 Å². The maximum absolute atomic E-state index is 12.5. The first-order valence-corrected chi connectivity index (χ1v) is 8.68. The second-order valence-corrected chi connectivity index (χ2v) is 6.22. The monoisotopic (exact) mass is 384 g/mol. The van der Waals surface area contributed by atoms with E-state index in [9.17, 15) is 9.59 Å². The van der Waals surface area contributed by atoms with Gasteiger partial charge in [-0.05, 0) is 38.1 Å². The highest BCUT2D eigenvalue weighted by Gasteiger charge is 2.27. The van der Waals surface area contributed by atoms with Crippen molar-refractivity contribution in [3.8, 4) is 11.3 Å². The van der Waals surface area contributed by atoms with E-state index in [-0.39, 0.29) is 23.7 Å². The summed E-state index contributed by atoms with van der Waals surface area (Å²) in [6, 6.07) is 13.8. The zero-order valence-corrected chi connectivity index (χ0v) is 15.5. The first-order valence-electron chi connectivity index (χ1n) is 8.30. The average Bonchev–Trinajstić information content (AvgIpc) is 3.06. The Labute approximate surface area is 161 Å². The van der Waals surface area contributed by atoms with Crippen LogP contribution in [0.1, 0.15) is 33.2 Å². The summed E-state index contributed by atoms with van der Waals surface area (Å²) < 4.78 is 10.4. The normalized spacial score (nSPS) is 10.5. The molecule has 0 saturated carbocycles. The standard InChI is InChI=1S/C20H17ClN2O4/c1-3-26-20(25)16-17(13-7-9-15(21)10-8-13)23-27-19(16)22-18(24)14-6-4-5-12(2)11-14/h4-11H,3H2,1-2H3,(H,22,24). The lowest BCUT2D eigenvalue weighted by atomic mass is 10.1. The third-order valence-corrected chi connectivity index (χ3v) is 4.05. The summed E-state index contributed by atoms with van der Waals surface area (Å²) in [5.74, 6) is -1.11. The van der Waals surface area contributed by atoms with E-state index >= 15 is 0 Å². The summed E-state index contributed by atoms with van der Waals surface area (Å²) in [4.78, 5) is 25.0. The van der Waals surface area contributed by atoms with E-state index < -0.39 is 11.9 Å². The molecule has 6 nitrogen and oxygen atoms in total. The molecule has 1 amide bonds. The molecule has 0 bridgehead atoms. The maximum atomic E-state index is 12.5. The lowest BCUT2D eigenvalue weighted by molar-refractivity contribution is 0.0528. The number of carbonyl (C=O) groups excluding carboxylic acids is 2. The van der Waals surface area contributed by atoms with Crippen LogP contribution in [0.2, 0.25) is 5.02 Å². The average molecular weight is 385 g/mol. The van der Waals surface area contributed by atoms with Crippen LogP contribution in [0.15, 0.2) is 53.1 Å². The second kappa shape index (κ2) is 8.05. The Morgan fingerprint density at radius 3 is 2.59 bits per heavy atom. The van der Waals surface area contributed by atoms with E-state index in [4.69, 9.17) is 20.9 Å². The highest BCUT2D eigenvalue weighted by Crippen LogP contribution is 2.30. The lowest BCUT2D eigenvalue weighted by Crippen LogP contribution is -2.15. The molecule has 3 rings (SSSR count). The van der Waals surface area contributed by atoms with Gasteiger partial charge in [0.1, 0.15) is 5.69 Å². The second-order valence-electron chi connectivity index (χ2n) is 5.79. The Morgan fingerprint density at radius 1 is 1.19 bits per heavy atom. The van der Waals surface area contributed by atoms with E-state index in [1.807, 2.05) is 13.0 Å². The van der Waals surface area contributed by atoms with Crippen LogP contribution in [-0.2, 0) is 4.74 Å². The van der Waals surface area contributed by atoms with Crippen molar-refractivity contribution in [3.63, 3.8) is 0 Å². The fourth-order valence-electron chi connectivity index (χ4n) is 2.53. The first kappa shape index (κ1) is 18.7. The molecule has 0 unspecified atom stereocenters.